The highest BCUT2D eigenvalue weighted by atomic mass is 32.1. The van der Waals surface area contributed by atoms with E-state index in [4.69, 9.17) is 5.73 Å². The summed E-state index contributed by atoms with van der Waals surface area (Å²) in [6, 6.07) is 5.82. The van der Waals surface area contributed by atoms with Gasteiger partial charge >= 0.3 is 0 Å². The number of hydrogen-bond donors (Lipinski definition) is 2. The van der Waals surface area contributed by atoms with Crippen molar-refractivity contribution in [2.75, 3.05) is 11.1 Å². The van der Waals surface area contributed by atoms with E-state index in [0.717, 1.165) is 28.1 Å². The molecule has 1 aromatic carbocycles. The van der Waals surface area contributed by atoms with Gasteiger partial charge in [0, 0.05) is 22.7 Å². The highest BCUT2D eigenvalue weighted by Gasteiger charge is 2.14. The van der Waals surface area contributed by atoms with Crippen molar-refractivity contribution in [3.63, 3.8) is 0 Å². The predicted molar refractivity (Wildman–Crippen MR) is 82.7 cm³/mol. The van der Waals surface area contributed by atoms with Crippen molar-refractivity contribution in [1.82, 2.24) is 15.0 Å². The van der Waals surface area contributed by atoms with Gasteiger partial charge in [0.05, 0.1) is 11.6 Å². The zero-order valence-electron chi connectivity index (χ0n) is 11.1. The van der Waals surface area contributed by atoms with Gasteiger partial charge < -0.3 is 11.1 Å². The molecule has 102 valence electrons. The normalized spacial score (nSPS) is 12.4. The lowest BCUT2D eigenvalue weighted by Crippen LogP contribution is -2.11. The third kappa shape index (κ3) is 2.42. The zero-order valence-corrected chi connectivity index (χ0v) is 11.9. The zero-order chi connectivity index (χ0) is 13.9. The first kappa shape index (κ1) is 12.8. The maximum Gasteiger partial charge on any atom is 0.137 e. The first-order chi connectivity index (χ1) is 9.78. The van der Waals surface area contributed by atoms with Gasteiger partial charge in [-0.15, -0.1) is 11.3 Å². The summed E-state index contributed by atoms with van der Waals surface area (Å²) in [7, 11) is 0. The number of nitrogens with two attached hydrogens (primary N) is 1. The van der Waals surface area contributed by atoms with E-state index >= 15 is 0 Å². The van der Waals surface area contributed by atoms with Crippen molar-refractivity contribution in [2.45, 2.75) is 19.4 Å². The Morgan fingerprint density at radius 3 is 2.95 bits per heavy atom. The number of rotatable bonds is 4. The summed E-state index contributed by atoms with van der Waals surface area (Å²) in [6.45, 7) is 2.13. The van der Waals surface area contributed by atoms with Gasteiger partial charge in [-0.25, -0.2) is 15.0 Å². The topological polar surface area (TPSA) is 76.7 Å². The van der Waals surface area contributed by atoms with E-state index < -0.39 is 0 Å². The highest BCUT2D eigenvalue weighted by Crippen LogP contribution is 2.27. The van der Waals surface area contributed by atoms with E-state index in [9.17, 15) is 0 Å². The summed E-state index contributed by atoms with van der Waals surface area (Å²) < 4.78 is 0. The van der Waals surface area contributed by atoms with Crippen molar-refractivity contribution in [3.8, 4) is 0 Å². The van der Waals surface area contributed by atoms with Crippen LogP contribution in [0.4, 0.5) is 11.5 Å². The van der Waals surface area contributed by atoms with Crippen LogP contribution in [0.25, 0.3) is 10.9 Å². The summed E-state index contributed by atoms with van der Waals surface area (Å²) >= 11 is 1.65. The molecule has 2 aromatic heterocycles. The van der Waals surface area contributed by atoms with Crippen molar-refractivity contribution in [2.24, 2.45) is 0 Å². The summed E-state index contributed by atoms with van der Waals surface area (Å²) in [5.74, 6) is 0.817. The Bertz CT molecular complexity index is 711. The second-order valence-corrected chi connectivity index (χ2v) is 5.40. The second kappa shape index (κ2) is 5.42. The number of thiazole rings is 1. The van der Waals surface area contributed by atoms with Crippen LogP contribution in [0.1, 0.15) is 24.4 Å². The van der Waals surface area contributed by atoms with Crippen LogP contribution in [0.15, 0.2) is 36.1 Å². The molecule has 1 unspecified atom stereocenters. The number of aromatic nitrogens is 3. The lowest BCUT2D eigenvalue weighted by atomic mass is 10.2. The molecular formula is C14H15N5S. The van der Waals surface area contributed by atoms with Crippen LogP contribution in [0.2, 0.25) is 0 Å². The first-order valence-electron chi connectivity index (χ1n) is 6.44. The largest absolute Gasteiger partial charge is 0.399 e. The Labute approximate surface area is 120 Å². The number of nitrogens with zero attached hydrogens (tertiary/aromatic N) is 3. The molecule has 0 fully saturated rings. The van der Waals surface area contributed by atoms with Crippen LogP contribution < -0.4 is 11.1 Å². The first-order valence-corrected chi connectivity index (χ1v) is 7.32. The SMILES string of the molecule is CCC(Nc1ncnc2cc(N)ccc12)c1nccs1. The van der Waals surface area contributed by atoms with Crippen LogP contribution in [0.5, 0.6) is 0 Å². The van der Waals surface area contributed by atoms with Crippen LogP contribution >= 0.6 is 11.3 Å². The average molecular weight is 285 g/mol. The standard InChI is InChI=1S/C14H15N5S/c1-2-11(14-16-5-6-20-14)19-13-10-4-3-9(15)7-12(10)17-8-18-13/h3-8,11H,2,15H2,1H3,(H,17,18,19). The van der Waals surface area contributed by atoms with Crippen molar-refractivity contribution in [3.05, 3.63) is 41.1 Å². The number of hydrogen-bond acceptors (Lipinski definition) is 6. The van der Waals surface area contributed by atoms with Crippen molar-refractivity contribution >= 4 is 33.7 Å². The minimum Gasteiger partial charge on any atom is -0.399 e. The molecule has 20 heavy (non-hydrogen) atoms. The molecule has 6 heteroatoms. The molecule has 0 amide bonds. The number of nitrogens with one attached hydrogen (secondary N) is 1. The van der Waals surface area contributed by atoms with Gasteiger partial charge in [-0.2, -0.15) is 0 Å². The molecule has 0 aliphatic carbocycles. The molecular weight excluding hydrogens is 270 g/mol. The number of benzene rings is 1. The maximum atomic E-state index is 5.79. The van der Waals surface area contributed by atoms with Crippen LogP contribution in [-0.2, 0) is 0 Å². The quantitative estimate of drug-likeness (QED) is 0.720. The highest BCUT2D eigenvalue weighted by molar-refractivity contribution is 7.09. The molecule has 2 heterocycles. The molecule has 3 rings (SSSR count). The minimum absolute atomic E-state index is 0.158. The summed E-state index contributed by atoms with van der Waals surface area (Å²) in [4.78, 5) is 13.0. The Kier molecular flexibility index (Phi) is 3.47. The van der Waals surface area contributed by atoms with Crippen LogP contribution in [-0.4, -0.2) is 15.0 Å². The molecule has 0 spiro atoms. The minimum atomic E-state index is 0.158. The van der Waals surface area contributed by atoms with Gasteiger partial charge in [0.15, 0.2) is 0 Å². The van der Waals surface area contributed by atoms with Gasteiger partial charge in [-0.05, 0) is 24.6 Å². The Hall–Kier alpha value is -2.21. The van der Waals surface area contributed by atoms with E-state index in [1.54, 1.807) is 17.7 Å². The third-order valence-electron chi connectivity index (χ3n) is 3.13. The number of anilines is 2. The van der Waals surface area contributed by atoms with E-state index in [2.05, 4.69) is 27.2 Å². The fourth-order valence-corrected chi connectivity index (χ4v) is 2.87. The lowest BCUT2D eigenvalue weighted by molar-refractivity contribution is 0.738. The summed E-state index contributed by atoms with van der Waals surface area (Å²) in [5, 5.41) is 7.47. The van der Waals surface area contributed by atoms with E-state index in [1.165, 1.54) is 0 Å². The van der Waals surface area contributed by atoms with E-state index in [-0.39, 0.29) is 6.04 Å². The molecule has 5 nitrogen and oxygen atoms in total. The van der Waals surface area contributed by atoms with Gasteiger partial charge in [-0.3, -0.25) is 0 Å². The molecule has 0 radical (unpaired) electrons. The van der Waals surface area contributed by atoms with E-state index in [1.807, 2.05) is 29.8 Å². The fourth-order valence-electron chi connectivity index (χ4n) is 2.10. The van der Waals surface area contributed by atoms with Gasteiger partial charge in [0.2, 0.25) is 0 Å². The van der Waals surface area contributed by atoms with Crippen molar-refractivity contribution in [1.29, 1.82) is 0 Å². The predicted octanol–water partition coefficient (Wildman–Crippen LogP) is 3.23. The summed E-state index contributed by atoms with van der Waals surface area (Å²) in [5.41, 5.74) is 7.34. The molecule has 0 aliphatic rings. The van der Waals surface area contributed by atoms with Gasteiger partial charge in [0.25, 0.3) is 0 Å². The van der Waals surface area contributed by atoms with Gasteiger partial charge in [0.1, 0.15) is 17.2 Å². The second-order valence-electron chi connectivity index (χ2n) is 4.47. The summed E-state index contributed by atoms with van der Waals surface area (Å²) in [6.07, 6.45) is 4.32. The molecule has 0 bridgehead atoms. The Morgan fingerprint density at radius 2 is 2.20 bits per heavy atom. The smallest absolute Gasteiger partial charge is 0.137 e. The monoisotopic (exact) mass is 285 g/mol. The molecule has 0 saturated carbocycles. The molecule has 3 N–H and O–H groups in total. The van der Waals surface area contributed by atoms with Crippen molar-refractivity contribution < 1.29 is 0 Å². The number of fused-ring (bicyclic) bond motifs is 1. The molecule has 3 aromatic rings. The fraction of sp³-hybridized carbons (Fsp3) is 0.214. The molecule has 0 saturated heterocycles. The maximum absolute atomic E-state index is 5.79. The molecule has 1 atom stereocenters. The third-order valence-corrected chi connectivity index (χ3v) is 4.02. The number of nitrogen functional groups attached to an aromatic ring is 1. The Balaban J connectivity index is 1.98. The molecule has 0 aliphatic heterocycles. The van der Waals surface area contributed by atoms with E-state index in [0.29, 0.717) is 5.69 Å². The lowest BCUT2D eigenvalue weighted by Gasteiger charge is -2.16. The average Bonchev–Trinajstić information content (AvgIpc) is 2.98. The van der Waals surface area contributed by atoms with Crippen LogP contribution in [0.3, 0.4) is 0 Å². The van der Waals surface area contributed by atoms with Gasteiger partial charge in [-0.1, -0.05) is 6.92 Å². The van der Waals surface area contributed by atoms with Crippen LogP contribution in [0, 0.1) is 0 Å². The Morgan fingerprint density at radius 1 is 1.30 bits per heavy atom.